The first kappa shape index (κ1) is 14.3. The minimum atomic E-state index is -0.499. The van der Waals surface area contributed by atoms with Crippen molar-refractivity contribution in [1.29, 1.82) is 0 Å². The third-order valence-corrected chi connectivity index (χ3v) is 2.72. The molecule has 5 heteroatoms. The Hall–Kier alpha value is -1.75. The number of amides is 1. The second-order valence-electron chi connectivity index (χ2n) is 4.16. The molecule has 0 heterocycles. The Morgan fingerprint density at radius 3 is 2.61 bits per heavy atom. The maximum absolute atomic E-state index is 11.5. The molecule has 0 saturated heterocycles. The van der Waals surface area contributed by atoms with E-state index in [-0.39, 0.29) is 5.92 Å². The number of rotatable bonds is 7. The van der Waals surface area contributed by atoms with Crippen molar-refractivity contribution in [3.05, 3.63) is 24.3 Å². The molecule has 0 aliphatic carbocycles. The van der Waals surface area contributed by atoms with E-state index in [1.165, 1.54) is 0 Å². The molecule has 0 fully saturated rings. The van der Waals surface area contributed by atoms with Gasteiger partial charge >= 0.3 is 0 Å². The van der Waals surface area contributed by atoms with Crippen LogP contribution in [0.5, 0.6) is 5.75 Å². The van der Waals surface area contributed by atoms with E-state index in [4.69, 9.17) is 15.2 Å². The van der Waals surface area contributed by atoms with Gasteiger partial charge in [0.15, 0.2) is 0 Å². The van der Waals surface area contributed by atoms with Crippen molar-refractivity contribution >= 4 is 11.6 Å². The number of para-hydroxylation sites is 2. The Bertz CT molecular complexity index is 396. The van der Waals surface area contributed by atoms with Gasteiger partial charge in [0.2, 0.25) is 5.91 Å². The van der Waals surface area contributed by atoms with Gasteiger partial charge in [0.1, 0.15) is 11.8 Å². The molecule has 2 unspecified atom stereocenters. The first-order chi connectivity index (χ1) is 8.60. The first-order valence-electron chi connectivity index (χ1n) is 5.78. The van der Waals surface area contributed by atoms with Crippen molar-refractivity contribution in [3.63, 3.8) is 0 Å². The molecule has 0 bridgehead atoms. The van der Waals surface area contributed by atoms with Gasteiger partial charge in [0, 0.05) is 13.0 Å². The van der Waals surface area contributed by atoms with E-state index < -0.39 is 11.9 Å². The molecule has 0 aromatic heterocycles. The van der Waals surface area contributed by atoms with Gasteiger partial charge in [0.05, 0.1) is 19.4 Å². The summed E-state index contributed by atoms with van der Waals surface area (Å²) < 4.78 is 10.3. The molecule has 0 radical (unpaired) electrons. The van der Waals surface area contributed by atoms with Gasteiger partial charge in [-0.3, -0.25) is 4.79 Å². The van der Waals surface area contributed by atoms with Crippen LogP contribution in [0.4, 0.5) is 5.69 Å². The molecule has 1 aromatic rings. The lowest BCUT2D eigenvalue weighted by Crippen LogP contribution is -2.42. The molecule has 1 rings (SSSR count). The van der Waals surface area contributed by atoms with Gasteiger partial charge < -0.3 is 20.5 Å². The van der Waals surface area contributed by atoms with Crippen LogP contribution < -0.4 is 15.8 Å². The Balaban J connectivity index is 2.86. The van der Waals surface area contributed by atoms with Crippen molar-refractivity contribution < 1.29 is 14.3 Å². The van der Waals surface area contributed by atoms with Crippen molar-refractivity contribution in [2.45, 2.75) is 13.0 Å². The molecular weight excluding hydrogens is 232 g/mol. The van der Waals surface area contributed by atoms with Gasteiger partial charge in [-0.15, -0.1) is 0 Å². The average Bonchev–Trinajstić information content (AvgIpc) is 2.36. The Labute approximate surface area is 107 Å². The Morgan fingerprint density at radius 2 is 2.06 bits per heavy atom. The molecular formula is C13H20N2O3. The van der Waals surface area contributed by atoms with Crippen LogP contribution in [-0.2, 0) is 9.53 Å². The van der Waals surface area contributed by atoms with Crippen LogP contribution in [0.1, 0.15) is 6.92 Å². The van der Waals surface area contributed by atoms with Crippen LogP contribution in [0.15, 0.2) is 24.3 Å². The minimum absolute atomic E-state index is 0.0302. The molecule has 0 aliphatic heterocycles. The summed E-state index contributed by atoms with van der Waals surface area (Å²) in [4.78, 5) is 11.5. The summed E-state index contributed by atoms with van der Waals surface area (Å²) in [6, 6.07) is 6.89. The summed E-state index contributed by atoms with van der Waals surface area (Å²) in [6.45, 7) is 2.36. The topological polar surface area (TPSA) is 73.6 Å². The van der Waals surface area contributed by atoms with E-state index in [1.54, 1.807) is 14.2 Å². The second kappa shape index (κ2) is 6.86. The zero-order valence-corrected chi connectivity index (χ0v) is 11.0. The first-order valence-corrected chi connectivity index (χ1v) is 5.78. The predicted molar refractivity (Wildman–Crippen MR) is 70.6 cm³/mol. The maximum Gasteiger partial charge on any atom is 0.240 e. The summed E-state index contributed by atoms with van der Waals surface area (Å²) in [5, 5.41) is 3.10. The highest BCUT2D eigenvalue weighted by Gasteiger charge is 2.23. The number of methoxy groups -OCH3 is 2. The summed E-state index contributed by atoms with van der Waals surface area (Å²) >= 11 is 0. The number of carbonyl (C=O) groups is 1. The zero-order chi connectivity index (χ0) is 13.5. The highest BCUT2D eigenvalue weighted by molar-refractivity contribution is 5.83. The molecule has 100 valence electrons. The molecule has 0 spiro atoms. The smallest absolute Gasteiger partial charge is 0.240 e. The van der Waals surface area contributed by atoms with E-state index >= 15 is 0 Å². The lowest BCUT2D eigenvalue weighted by molar-refractivity contribution is -0.120. The standard InChI is InChI=1S/C13H20N2O3/c1-9(8-17-2)12(13(14)16)15-10-6-4-5-7-11(10)18-3/h4-7,9,12,15H,8H2,1-3H3,(H2,14,16). The number of primary amides is 1. The number of nitrogens with one attached hydrogen (secondary N) is 1. The Morgan fingerprint density at radius 1 is 1.39 bits per heavy atom. The van der Waals surface area contributed by atoms with Crippen LogP contribution in [0.25, 0.3) is 0 Å². The highest BCUT2D eigenvalue weighted by Crippen LogP contribution is 2.25. The largest absolute Gasteiger partial charge is 0.495 e. The summed E-state index contributed by atoms with van der Waals surface area (Å²) in [6.07, 6.45) is 0. The van der Waals surface area contributed by atoms with E-state index in [0.717, 1.165) is 5.69 Å². The normalized spacial score (nSPS) is 13.7. The fourth-order valence-corrected chi connectivity index (χ4v) is 1.78. The summed E-state index contributed by atoms with van der Waals surface area (Å²) in [5.74, 6) is 0.233. The van der Waals surface area contributed by atoms with E-state index in [1.807, 2.05) is 31.2 Å². The van der Waals surface area contributed by atoms with Crippen molar-refractivity contribution in [2.75, 3.05) is 26.1 Å². The van der Waals surface area contributed by atoms with Gasteiger partial charge in [-0.1, -0.05) is 19.1 Å². The molecule has 18 heavy (non-hydrogen) atoms. The summed E-state index contributed by atoms with van der Waals surface area (Å²) in [5.41, 5.74) is 6.15. The van der Waals surface area contributed by atoms with E-state index in [2.05, 4.69) is 5.32 Å². The third kappa shape index (κ3) is 3.63. The number of anilines is 1. The molecule has 5 nitrogen and oxygen atoms in total. The predicted octanol–water partition coefficient (Wildman–Crippen LogP) is 1.24. The fourth-order valence-electron chi connectivity index (χ4n) is 1.78. The lowest BCUT2D eigenvalue weighted by atomic mass is 10.0. The third-order valence-electron chi connectivity index (χ3n) is 2.72. The van der Waals surface area contributed by atoms with Crippen molar-refractivity contribution in [2.24, 2.45) is 11.7 Å². The second-order valence-corrected chi connectivity index (χ2v) is 4.16. The van der Waals surface area contributed by atoms with Gasteiger partial charge in [-0.05, 0) is 12.1 Å². The van der Waals surface area contributed by atoms with Gasteiger partial charge in [0.25, 0.3) is 0 Å². The van der Waals surface area contributed by atoms with Crippen molar-refractivity contribution in [3.8, 4) is 5.75 Å². The van der Waals surface area contributed by atoms with E-state index in [0.29, 0.717) is 12.4 Å². The van der Waals surface area contributed by atoms with Gasteiger partial charge in [-0.2, -0.15) is 0 Å². The lowest BCUT2D eigenvalue weighted by Gasteiger charge is -2.23. The van der Waals surface area contributed by atoms with Crippen LogP contribution in [0.2, 0.25) is 0 Å². The molecule has 1 aromatic carbocycles. The number of carbonyl (C=O) groups excluding carboxylic acids is 1. The number of hydrogen-bond donors (Lipinski definition) is 2. The number of hydrogen-bond acceptors (Lipinski definition) is 4. The van der Waals surface area contributed by atoms with Crippen LogP contribution in [0, 0.1) is 5.92 Å². The zero-order valence-electron chi connectivity index (χ0n) is 11.0. The average molecular weight is 252 g/mol. The SMILES string of the molecule is COCC(C)C(Nc1ccccc1OC)C(N)=O. The van der Waals surface area contributed by atoms with Crippen LogP contribution >= 0.6 is 0 Å². The minimum Gasteiger partial charge on any atom is -0.495 e. The molecule has 0 saturated carbocycles. The summed E-state index contributed by atoms with van der Waals surface area (Å²) in [7, 11) is 3.18. The Kier molecular flexibility index (Phi) is 5.45. The highest BCUT2D eigenvalue weighted by atomic mass is 16.5. The van der Waals surface area contributed by atoms with Crippen LogP contribution in [-0.4, -0.2) is 32.8 Å². The fraction of sp³-hybridized carbons (Fsp3) is 0.462. The number of benzene rings is 1. The number of ether oxygens (including phenoxy) is 2. The molecule has 1 amide bonds. The quantitative estimate of drug-likeness (QED) is 0.765. The molecule has 3 N–H and O–H groups in total. The maximum atomic E-state index is 11.5. The van der Waals surface area contributed by atoms with Crippen LogP contribution in [0.3, 0.4) is 0 Å². The molecule has 2 atom stereocenters. The van der Waals surface area contributed by atoms with E-state index in [9.17, 15) is 4.79 Å². The van der Waals surface area contributed by atoms with Crippen molar-refractivity contribution in [1.82, 2.24) is 0 Å². The molecule has 0 aliphatic rings. The van der Waals surface area contributed by atoms with Gasteiger partial charge in [-0.25, -0.2) is 0 Å². The monoisotopic (exact) mass is 252 g/mol. The number of nitrogens with two attached hydrogens (primary N) is 1.